The number of nitrogens with one attached hydrogen (secondary N) is 1. The van der Waals surface area contributed by atoms with Crippen LogP contribution in [0.1, 0.15) is 46.5 Å². The molecule has 0 spiro atoms. The molecule has 0 aliphatic carbocycles. The van der Waals surface area contributed by atoms with Crippen molar-refractivity contribution in [1.82, 2.24) is 10.2 Å². The molecule has 0 saturated carbocycles. The fraction of sp³-hybridized carbons (Fsp3) is 1.00. The van der Waals surface area contributed by atoms with Gasteiger partial charge in [-0.05, 0) is 25.8 Å². The molecular weight excluding hydrogens is 228 g/mol. The van der Waals surface area contributed by atoms with Crippen LogP contribution in [0, 0.1) is 0 Å². The summed E-state index contributed by atoms with van der Waals surface area (Å²) in [7, 11) is 0. The van der Waals surface area contributed by atoms with Crippen LogP contribution in [0.15, 0.2) is 0 Å². The molecule has 2 aliphatic heterocycles. The molecule has 3 heteroatoms. The summed E-state index contributed by atoms with van der Waals surface area (Å²) in [4.78, 5) is 2.71. The first-order valence-electron chi connectivity index (χ1n) is 7.26. The molecule has 0 aromatic carbocycles. The number of rotatable bonds is 4. The van der Waals surface area contributed by atoms with E-state index in [2.05, 4.69) is 42.7 Å². The zero-order valence-corrected chi connectivity index (χ0v) is 12.5. The molecule has 2 saturated heterocycles. The molecule has 0 amide bonds. The molecule has 100 valence electrons. The summed E-state index contributed by atoms with van der Waals surface area (Å²) < 4.78 is 0. The molecule has 2 aliphatic rings. The molecule has 0 aromatic heterocycles. The highest BCUT2D eigenvalue weighted by Crippen LogP contribution is 2.30. The molecular formula is C14H28N2S. The highest BCUT2D eigenvalue weighted by molar-refractivity contribution is 8.00. The normalized spacial score (nSPS) is 39.7. The van der Waals surface area contributed by atoms with Gasteiger partial charge in [-0.2, -0.15) is 11.8 Å². The Hall–Kier alpha value is 0.270. The van der Waals surface area contributed by atoms with Gasteiger partial charge in [0.1, 0.15) is 0 Å². The molecule has 0 radical (unpaired) electrons. The van der Waals surface area contributed by atoms with Gasteiger partial charge in [0, 0.05) is 35.7 Å². The highest BCUT2D eigenvalue weighted by Gasteiger charge is 2.35. The van der Waals surface area contributed by atoms with Crippen LogP contribution in [0.25, 0.3) is 0 Å². The Kier molecular flexibility index (Phi) is 4.79. The van der Waals surface area contributed by atoms with Gasteiger partial charge in [0.15, 0.2) is 0 Å². The zero-order valence-electron chi connectivity index (χ0n) is 11.7. The second-order valence-electron chi connectivity index (χ2n) is 6.01. The highest BCUT2D eigenvalue weighted by atomic mass is 32.2. The molecule has 2 heterocycles. The van der Waals surface area contributed by atoms with Crippen LogP contribution in [0.5, 0.6) is 0 Å². The second kappa shape index (κ2) is 5.94. The molecule has 2 rings (SSSR count). The van der Waals surface area contributed by atoms with Crippen LogP contribution in [-0.4, -0.2) is 47.1 Å². The van der Waals surface area contributed by atoms with Crippen LogP contribution in [0.2, 0.25) is 0 Å². The van der Waals surface area contributed by atoms with E-state index < -0.39 is 0 Å². The fourth-order valence-electron chi connectivity index (χ4n) is 3.62. The molecule has 3 atom stereocenters. The SMILES string of the molecule is CCCC1(CN2CC(C)SC(C)C2)CCCN1. The van der Waals surface area contributed by atoms with Crippen LogP contribution in [0.4, 0.5) is 0 Å². The summed E-state index contributed by atoms with van der Waals surface area (Å²) in [5.74, 6) is 0. The van der Waals surface area contributed by atoms with E-state index >= 15 is 0 Å². The van der Waals surface area contributed by atoms with Gasteiger partial charge in [-0.15, -0.1) is 0 Å². The van der Waals surface area contributed by atoms with E-state index in [-0.39, 0.29) is 0 Å². The quantitative estimate of drug-likeness (QED) is 0.832. The Labute approximate surface area is 111 Å². The van der Waals surface area contributed by atoms with Crippen molar-refractivity contribution in [3.05, 3.63) is 0 Å². The minimum atomic E-state index is 0.441. The maximum absolute atomic E-state index is 3.80. The Morgan fingerprint density at radius 1 is 1.29 bits per heavy atom. The first-order chi connectivity index (χ1) is 8.13. The van der Waals surface area contributed by atoms with Gasteiger partial charge in [-0.25, -0.2) is 0 Å². The smallest absolute Gasteiger partial charge is 0.0309 e. The predicted molar refractivity (Wildman–Crippen MR) is 77.8 cm³/mol. The molecule has 0 bridgehead atoms. The van der Waals surface area contributed by atoms with Gasteiger partial charge in [-0.1, -0.05) is 27.2 Å². The molecule has 2 fully saturated rings. The summed E-state index contributed by atoms with van der Waals surface area (Å²) >= 11 is 2.15. The molecule has 0 aromatic rings. The molecule has 17 heavy (non-hydrogen) atoms. The summed E-state index contributed by atoms with van der Waals surface area (Å²) in [5.41, 5.74) is 0.441. The van der Waals surface area contributed by atoms with Crippen LogP contribution < -0.4 is 5.32 Å². The topological polar surface area (TPSA) is 15.3 Å². The van der Waals surface area contributed by atoms with Crippen LogP contribution >= 0.6 is 11.8 Å². The van der Waals surface area contributed by atoms with E-state index in [0.717, 1.165) is 10.5 Å². The first-order valence-corrected chi connectivity index (χ1v) is 8.21. The summed E-state index contributed by atoms with van der Waals surface area (Å²) in [6.07, 6.45) is 5.40. The van der Waals surface area contributed by atoms with Crippen molar-refractivity contribution in [2.45, 2.75) is 62.5 Å². The Balaban J connectivity index is 1.93. The Morgan fingerprint density at radius 3 is 2.53 bits per heavy atom. The lowest BCUT2D eigenvalue weighted by atomic mass is 9.91. The van der Waals surface area contributed by atoms with Crippen molar-refractivity contribution >= 4 is 11.8 Å². The Morgan fingerprint density at radius 2 is 2.00 bits per heavy atom. The van der Waals surface area contributed by atoms with Gasteiger partial charge >= 0.3 is 0 Å². The van der Waals surface area contributed by atoms with E-state index in [9.17, 15) is 0 Å². The maximum atomic E-state index is 3.80. The number of thioether (sulfide) groups is 1. The van der Waals surface area contributed by atoms with Gasteiger partial charge in [-0.3, -0.25) is 4.90 Å². The van der Waals surface area contributed by atoms with E-state index in [1.807, 2.05) is 0 Å². The average Bonchev–Trinajstić information content (AvgIpc) is 2.65. The van der Waals surface area contributed by atoms with Crippen LogP contribution in [-0.2, 0) is 0 Å². The van der Waals surface area contributed by atoms with E-state index in [1.54, 1.807) is 0 Å². The van der Waals surface area contributed by atoms with Crippen molar-refractivity contribution < 1.29 is 0 Å². The minimum Gasteiger partial charge on any atom is -0.310 e. The third-order valence-electron chi connectivity index (χ3n) is 4.08. The van der Waals surface area contributed by atoms with Crippen molar-refractivity contribution in [1.29, 1.82) is 0 Å². The number of nitrogens with zero attached hydrogens (tertiary/aromatic N) is 1. The molecule has 1 N–H and O–H groups in total. The summed E-state index contributed by atoms with van der Waals surface area (Å²) in [5, 5.41) is 5.41. The Bertz CT molecular complexity index is 228. The second-order valence-corrected chi connectivity index (χ2v) is 7.89. The number of hydrogen-bond donors (Lipinski definition) is 1. The van der Waals surface area contributed by atoms with Crippen LogP contribution in [0.3, 0.4) is 0 Å². The molecule has 3 unspecified atom stereocenters. The molecule has 2 nitrogen and oxygen atoms in total. The lowest BCUT2D eigenvalue weighted by Crippen LogP contribution is -2.53. The average molecular weight is 256 g/mol. The van der Waals surface area contributed by atoms with Gasteiger partial charge < -0.3 is 5.32 Å². The predicted octanol–water partition coefficient (Wildman–Crippen LogP) is 2.73. The van der Waals surface area contributed by atoms with E-state index in [1.165, 1.54) is 51.9 Å². The monoisotopic (exact) mass is 256 g/mol. The largest absolute Gasteiger partial charge is 0.310 e. The van der Waals surface area contributed by atoms with Gasteiger partial charge in [0.2, 0.25) is 0 Å². The van der Waals surface area contributed by atoms with E-state index in [0.29, 0.717) is 5.54 Å². The third kappa shape index (κ3) is 3.62. The fourth-order valence-corrected chi connectivity index (χ4v) is 5.00. The standard InChI is InChI=1S/C14H28N2S/c1-4-6-14(7-5-8-15-14)11-16-9-12(2)17-13(3)10-16/h12-13,15H,4-11H2,1-3H3. The lowest BCUT2D eigenvalue weighted by Gasteiger charge is -2.41. The van der Waals surface area contributed by atoms with E-state index in [4.69, 9.17) is 0 Å². The van der Waals surface area contributed by atoms with Crippen molar-refractivity contribution in [2.75, 3.05) is 26.2 Å². The first kappa shape index (κ1) is 13.7. The summed E-state index contributed by atoms with van der Waals surface area (Å²) in [6, 6.07) is 0. The van der Waals surface area contributed by atoms with Gasteiger partial charge in [0.05, 0.1) is 0 Å². The van der Waals surface area contributed by atoms with Crippen molar-refractivity contribution in [3.8, 4) is 0 Å². The van der Waals surface area contributed by atoms with Crippen molar-refractivity contribution in [2.24, 2.45) is 0 Å². The third-order valence-corrected chi connectivity index (χ3v) is 5.31. The van der Waals surface area contributed by atoms with Crippen molar-refractivity contribution in [3.63, 3.8) is 0 Å². The summed E-state index contributed by atoms with van der Waals surface area (Å²) in [6.45, 7) is 12.1. The van der Waals surface area contributed by atoms with Gasteiger partial charge in [0.25, 0.3) is 0 Å². The minimum absolute atomic E-state index is 0.441. The number of hydrogen-bond acceptors (Lipinski definition) is 3. The lowest BCUT2D eigenvalue weighted by molar-refractivity contribution is 0.181. The zero-order chi connectivity index (χ0) is 12.3. The maximum Gasteiger partial charge on any atom is 0.0309 e.